The van der Waals surface area contributed by atoms with Crippen LogP contribution in [0.2, 0.25) is 0 Å². The van der Waals surface area contributed by atoms with E-state index in [1.165, 1.54) is 0 Å². The highest BCUT2D eigenvalue weighted by Crippen LogP contribution is 2.12. The van der Waals surface area contributed by atoms with Crippen molar-refractivity contribution in [2.45, 2.75) is 20.3 Å². The number of nitrogen functional groups attached to an aromatic ring is 1. The number of carbonyl (C=O) groups is 1. The number of anilines is 2. The lowest BCUT2D eigenvalue weighted by Gasteiger charge is -2.07. The third kappa shape index (κ3) is 3.28. The van der Waals surface area contributed by atoms with Crippen LogP contribution in [-0.4, -0.2) is 15.9 Å². The summed E-state index contributed by atoms with van der Waals surface area (Å²) in [6.07, 6.45) is 4.07. The molecule has 98 valence electrons. The van der Waals surface area contributed by atoms with Crippen molar-refractivity contribution in [2.75, 3.05) is 11.1 Å². The van der Waals surface area contributed by atoms with Gasteiger partial charge < -0.3 is 11.1 Å². The predicted octanol–water partition coefficient (Wildman–Crippen LogP) is 2.18. The van der Waals surface area contributed by atoms with Gasteiger partial charge >= 0.3 is 0 Å². The van der Waals surface area contributed by atoms with Crippen LogP contribution in [0.4, 0.5) is 11.5 Å². The first kappa shape index (κ1) is 13.0. The normalized spacial score (nSPS) is 10.2. The summed E-state index contributed by atoms with van der Waals surface area (Å²) in [6, 6.07) is 5.17. The van der Waals surface area contributed by atoms with Crippen molar-refractivity contribution in [3.63, 3.8) is 0 Å². The zero-order chi connectivity index (χ0) is 13.8. The van der Waals surface area contributed by atoms with E-state index in [9.17, 15) is 4.79 Å². The fourth-order valence-corrected chi connectivity index (χ4v) is 1.75. The van der Waals surface area contributed by atoms with E-state index in [1.807, 2.05) is 19.9 Å². The van der Waals surface area contributed by atoms with Crippen molar-refractivity contribution in [3.8, 4) is 0 Å². The molecule has 0 aromatic carbocycles. The number of hydrogen-bond donors (Lipinski definition) is 2. The van der Waals surface area contributed by atoms with Crippen LogP contribution < -0.4 is 11.1 Å². The van der Waals surface area contributed by atoms with E-state index in [-0.39, 0.29) is 5.91 Å². The van der Waals surface area contributed by atoms with E-state index in [2.05, 4.69) is 15.3 Å². The zero-order valence-electron chi connectivity index (χ0n) is 11.0. The minimum atomic E-state index is -0.212. The van der Waals surface area contributed by atoms with Gasteiger partial charge in [0.15, 0.2) is 0 Å². The Morgan fingerprint density at radius 2 is 2.11 bits per heavy atom. The minimum absolute atomic E-state index is 0.212. The third-order valence-electron chi connectivity index (χ3n) is 2.66. The van der Waals surface area contributed by atoms with Crippen molar-refractivity contribution in [1.82, 2.24) is 9.97 Å². The largest absolute Gasteiger partial charge is 0.384 e. The van der Waals surface area contributed by atoms with Gasteiger partial charge in [-0.05, 0) is 37.1 Å². The van der Waals surface area contributed by atoms with Gasteiger partial charge in [0, 0.05) is 17.5 Å². The molecule has 0 aliphatic heterocycles. The Hall–Kier alpha value is -2.43. The first-order chi connectivity index (χ1) is 9.08. The third-order valence-corrected chi connectivity index (χ3v) is 2.66. The number of aryl methyl sites for hydroxylation is 2. The number of nitrogens with one attached hydrogen (secondary N) is 1. The molecular weight excluding hydrogens is 240 g/mol. The van der Waals surface area contributed by atoms with E-state index >= 15 is 0 Å². The molecule has 0 unspecified atom stereocenters. The number of aromatic nitrogens is 2. The molecule has 1 amide bonds. The molecule has 0 fully saturated rings. The van der Waals surface area contributed by atoms with Crippen molar-refractivity contribution in [2.24, 2.45) is 0 Å². The van der Waals surface area contributed by atoms with Crippen LogP contribution in [0.1, 0.15) is 28.5 Å². The number of rotatable bonds is 3. The Labute approximate surface area is 111 Å². The Morgan fingerprint density at radius 3 is 2.79 bits per heavy atom. The Balaban J connectivity index is 2.22. The summed E-state index contributed by atoms with van der Waals surface area (Å²) in [5, 5.41) is 2.79. The maximum atomic E-state index is 12.1. The van der Waals surface area contributed by atoms with Crippen LogP contribution in [0, 0.1) is 6.92 Å². The number of amides is 1. The molecule has 0 saturated carbocycles. The standard InChI is InChI=1S/C14H16N4O/c1-3-11-5-10(6-13(15)17-11)14(19)18-12-4-9(2)7-16-8-12/h4-8H,3H2,1-2H3,(H2,15,17)(H,18,19). The number of carbonyl (C=O) groups excluding carboxylic acids is 1. The van der Waals surface area contributed by atoms with Gasteiger partial charge in [0.05, 0.1) is 11.9 Å². The molecule has 5 nitrogen and oxygen atoms in total. The predicted molar refractivity (Wildman–Crippen MR) is 75.0 cm³/mol. The topological polar surface area (TPSA) is 80.9 Å². The quantitative estimate of drug-likeness (QED) is 0.882. The van der Waals surface area contributed by atoms with Gasteiger partial charge in [-0.25, -0.2) is 4.98 Å². The van der Waals surface area contributed by atoms with Crippen molar-refractivity contribution in [1.29, 1.82) is 0 Å². The zero-order valence-corrected chi connectivity index (χ0v) is 11.0. The fraction of sp³-hybridized carbons (Fsp3) is 0.214. The summed E-state index contributed by atoms with van der Waals surface area (Å²) in [4.78, 5) is 20.3. The van der Waals surface area contributed by atoms with Crippen molar-refractivity contribution < 1.29 is 4.79 Å². The Kier molecular flexibility index (Phi) is 3.75. The van der Waals surface area contributed by atoms with Gasteiger partial charge in [-0.15, -0.1) is 0 Å². The van der Waals surface area contributed by atoms with Gasteiger partial charge in [0.1, 0.15) is 5.82 Å². The average Bonchev–Trinajstić information content (AvgIpc) is 2.38. The maximum Gasteiger partial charge on any atom is 0.255 e. The van der Waals surface area contributed by atoms with Gasteiger partial charge in [0.2, 0.25) is 0 Å². The minimum Gasteiger partial charge on any atom is -0.384 e. The highest BCUT2D eigenvalue weighted by molar-refractivity contribution is 6.04. The van der Waals surface area contributed by atoms with Crippen molar-refractivity contribution in [3.05, 3.63) is 47.4 Å². The molecule has 0 atom stereocenters. The smallest absolute Gasteiger partial charge is 0.255 e. The number of hydrogen-bond acceptors (Lipinski definition) is 4. The van der Waals surface area contributed by atoms with Crippen LogP contribution in [0.5, 0.6) is 0 Å². The molecule has 0 aliphatic rings. The van der Waals surface area contributed by atoms with E-state index in [0.29, 0.717) is 17.1 Å². The van der Waals surface area contributed by atoms with Crippen LogP contribution in [0.25, 0.3) is 0 Å². The second kappa shape index (κ2) is 5.48. The fourth-order valence-electron chi connectivity index (χ4n) is 1.75. The number of nitrogens with zero attached hydrogens (tertiary/aromatic N) is 2. The second-order valence-corrected chi connectivity index (χ2v) is 4.33. The average molecular weight is 256 g/mol. The molecule has 0 bridgehead atoms. The molecule has 0 radical (unpaired) electrons. The van der Waals surface area contributed by atoms with Crippen LogP contribution in [0.3, 0.4) is 0 Å². The highest BCUT2D eigenvalue weighted by atomic mass is 16.1. The monoisotopic (exact) mass is 256 g/mol. The molecule has 2 aromatic heterocycles. The molecule has 0 spiro atoms. The molecule has 2 heterocycles. The van der Waals surface area contributed by atoms with Gasteiger partial charge in [0.25, 0.3) is 5.91 Å². The molecule has 3 N–H and O–H groups in total. The molecule has 5 heteroatoms. The molecular formula is C14H16N4O. The second-order valence-electron chi connectivity index (χ2n) is 4.33. The lowest BCUT2D eigenvalue weighted by molar-refractivity contribution is 0.102. The maximum absolute atomic E-state index is 12.1. The summed E-state index contributed by atoms with van der Waals surface area (Å²) < 4.78 is 0. The van der Waals surface area contributed by atoms with Gasteiger partial charge in [-0.1, -0.05) is 6.92 Å². The van der Waals surface area contributed by atoms with Crippen LogP contribution >= 0.6 is 0 Å². The van der Waals surface area contributed by atoms with E-state index in [0.717, 1.165) is 17.7 Å². The lowest BCUT2D eigenvalue weighted by atomic mass is 10.1. The molecule has 0 saturated heterocycles. The van der Waals surface area contributed by atoms with E-state index in [1.54, 1.807) is 24.5 Å². The number of pyridine rings is 2. The Bertz CT molecular complexity index is 610. The summed E-state index contributed by atoms with van der Waals surface area (Å²) in [6.45, 7) is 3.89. The molecule has 0 aliphatic carbocycles. The molecule has 2 rings (SSSR count). The molecule has 19 heavy (non-hydrogen) atoms. The van der Waals surface area contributed by atoms with Crippen molar-refractivity contribution >= 4 is 17.4 Å². The van der Waals surface area contributed by atoms with Gasteiger partial charge in [-0.3, -0.25) is 9.78 Å². The summed E-state index contributed by atoms with van der Waals surface area (Å²) in [7, 11) is 0. The summed E-state index contributed by atoms with van der Waals surface area (Å²) >= 11 is 0. The van der Waals surface area contributed by atoms with E-state index in [4.69, 9.17) is 5.73 Å². The SMILES string of the molecule is CCc1cc(C(=O)Nc2cncc(C)c2)cc(N)n1. The van der Waals surface area contributed by atoms with E-state index < -0.39 is 0 Å². The molecule has 2 aromatic rings. The van der Waals surface area contributed by atoms with Crippen LogP contribution in [-0.2, 0) is 6.42 Å². The van der Waals surface area contributed by atoms with Gasteiger partial charge in [-0.2, -0.15) is 0 Å². The lowest BCUT2D eigenvalue weighted by Crippen LogP contribution is -2.13. The number of nitrogens with two attached hydrogens (primary N) is 1. The summed E-state index contributed by atoms with van der Waals surface area (Å²) in [5.74, 6) is 0.142. The first-order valence-corrected chi connectivity index (χ1v) is 6.08. The van der Waals surface area contributed by atoms with Crippen LogP contribution in [0.15, 0.2) is 30.6 Å². The Morgan fingerprint density at radius 1 is 1.32 bits per heavy atom. The highest BCUT2D eigenvalue weighted by Gasteiger charge is 2.09. The first-order valence-electron chi connectivity index (χ1n) is 6.08. The summed E-state index contributed by atoms with van der Waals surface area (Å²) in [5.41, 5.74) is 8.64.